The van der Waals surface area contributed by atoms with Crippen LogP contribution in [0, 0.1) is 0 Å². The van der Waals surface area contributed by atoms with Crippen LogP contribution < -0.4 is 20.4 Å². The Morgan fingerprint density at radius 1 is 0.247 bits per heavy atom. The van der Waals surface area contributed by atoms with Crippen molar-refractivity contribution >= 4 is 47.0 Å². The first kappa shape index (κ1) is 90.5. The van der Waals surface area contributed by atoms with Gasteiger partial charge in [0.05, 0.1) is 76.7 Å². The number of rotatable bonds is 52. The number of carbonyl (C=O) groups excluding carboxylic acids is 8. The summed E-state index contributed by atoms with van der Waals surface area (Å²) in [6.45, 7) is 32.4. The van der Waals surface area contributed by atoms with E-state index < -0.39 is 94.6 Å². The van der Waals surface area contributed by atoms with Gasteiger partial charge in [-0.3, -0.25) is 19.2 Å². The summed E-state index contributed by atoms with van der Waals surface area (Å²) in [7, 11) is 0. The van der Waals surface area contributed by atoms with Gasteiger partial charge in [0.25, 0.3) is 0 Å². The second-order valence-electron chi connectivity index (χ2n) is 19.0. The van der Waals surface area contributed by atoms with Crippen molar-refractivity contribution in [2.45, 2.75) is 261 Å². The Hall–Kier alpha value is -3.21. The summed E-state index contributed by atoms with van der Waals surface area (Å²) >= 11 is 0. The van der Waals surface area contributed by atoms with E-state index in [4.69, 9.17) is 56.8 Å². The average Bonchev–Trinajstić information content (AvgIpc) is 3.48. The molecule has 0 bridgehead atoms. The molecule has 0 amide bonds. The molecule has 0 saturated heterocycles. The first-order valence-corrected chi connectivity index (χ1v) is 30.5. The smallest absolute Gasteiger partial charge is 0.547 e. The van der Waals surface area contributed by atoms with Gasteiger partial charge in [0.1, 0.15) is 0 Å². The molecule has 25 heteroatoms. The Balaban J connectivity index is -0.000000333. The van der Waals surface area contributed by atoms with Crippen molar-refractivity contribution in [2.24, 2.45) is 0 Å². The van der Waals surface area contributed by atoms with Gasteiger partial charge in [-0.1, -0.05) is 111 Å². The molecule has 0 heterocycles. The van der Waals surface area contributed by atoms with Crippen LogP contribution in [0.4, 0.5) is 0 Å². The standard InChI is InChI=1S/4C15H28O6.Ti/c4*1-5-9-19-12(14(17)18)13(16)15(8-4,20-10-6-2)21-11-7-3;/h4*12H,5-11H2,1-4H3,(H,17,18);/q;;;;+4/p-4. The van der Waals surface area contributed by atoms with Crippen LogP contribution in [0.25, 0.3) is 0 Å². The van der Waals surface area contributed by atoms with Crippen LogP contribution in [0.1, 0.15) is 214 Å². The normalized spacial score (nSPS) is 13.0. The number of hydrogen-bond acceptors (Lipinski definition) is 24. The van der Waals surface area contributed by atoms with Gasteiger partial charge >= 0.3 is 21.7 Å². The van der Waals surface area contributed by atoms with E-state index in [1.165, 1.54) is 0 Å². The number of ether oxygens (including phenoxy) is 12. The Bertz CT molecular complexity index is 1480. The molecule has 4 unspecified atom stereocenters. The molecule has 0 radical (unpaired) electrons. The van der Waals surface area contributed by atoms with Crippen molar-refractivity contribution in [3.05, 3.63) is 0 Å². The monoisotopic (exact) mass is 1260 g/mol. The minimum absolute atomic E-state index is 0. The van der Waals surface area contributed by atoms with Crippen LogP contribution in [0.15, 0.2) is 0 Å². The second kappa shape index (κ2) is 54.9. The largest absolute Gasteiger partial charge is 4.00 e. The summed E-state index contributed by atoms with van der Waals surface area (Å²) in [4.78, 5) is 95.0. The minimum atomic E-state index is -1.67. The first-order chi connectivity index (χ1) is 39.9. The number of ketones is 4. The van der Waals surface area contributed by atoms with Crippen molar-refractivity contribution in [1.29, 1.82) is 0 Å². The van der Waals surface area contributed by atoms with E-state index in [0.717, 1.165) is 0 Å². The van der Waals surface area contributed by atoms with Crippen molar-refractivity contribution in [3.63, 3.8) is 0 Å². The maximum atomic E-state index is 12.6. The summed E-state index contributed by atoms with van der Waals surface area (Å²) in [5, 5.41) is 44.8. The maximum absolute atomic E-state index is 12.6. The van der Waals surface area contributed by atoms with Crippen molar-refractivity contribution < 1.29 is 137 Å². The fourth-order valence-electron chi connectivity index (χ4n) is 7.13. The molecule has 0 aromatic heterocycles. The Morgan fingerprint density at radius 2 is 0.365 bits per heavy atom. The Labute approximate surface area is 522 Å². The van der Waals surface area contributed by atoms with Crippen LogP contribution in [-0.2, 0) is 117 Å². The summed E-state index contributed by atoms with van der Waals surface area (Å²) < 4.78 is 64.9. The first-order valence-electron chi connectivity index (χ1n) is 30.5. The SMILES string of the molecule is CCCOC(C(=O)[O-])C(=O)C(CC)(OCCC)OCCC.CCCOC(C(=O)[O-])C(=O)C(CC)(OCCC)OCCC.CCCOC(C(=O)[O-])C(=O)C(CC)(OCCC)OCCC.CCCOC(C(=O)[O-])C(=O)C(CC)(OCCC)OCCC.[Ti+4]. The van der Waals surface area contributed by atoms with E-state index in [-0.39, 0.29) is 73.8 Å². The topological polar surface area (TPSA) is 340 Å². The predicted molar refractivity (Wildman–Crippen MR) is 302 cm³/mol. The van der Waals surface area contributed by atoms with Gasteiger partial charge in [0.15, 0.2) is 24.4 Å². The van der Waals surface area contributed by atoms with E-state index in [1.54, 1.807) is 27.7 Å². The molecular weight excluding hydrogens is 1150 g/mol. The molecule has 0 aliphatic heterocycles. The fourth-order valence-corrected chi connectivity index (χ4v) is 7.13. The molecule has 0 fully saturated rings. The molecule has 0 spiro atoms. The molecular formula is C60H108O24Ti. The number of carboxylic acids is 4. The molecule has 0 aliphatic carbocycles. The van der Waals surface area contributed by atoms with Crippen LogP contribution in [0.2, 0.25) is 0 Å². The average molecular weight is 1260 g/mol. The molecule has 24 nitrogen and oxygen atoms in total. The molecule has 4 atom stereocenters. The molecule has 85 heavy (non-hydrogen) atoms. The number of carboxylic acid groups (broad SMARTS) is 4. The summed E-state index contributed by atoms with van der Waals surface area (Å²) in [6.07, 6.45) is 2.10. The number of carbonyl (C=O) groups is 8. The van der Waals surface area contributed by atoms with E-state index in [9.17, 15) is 58.8 Å². The van der Waals surface area contributed by atoms with Gasteiger partial charge in [0, 0.05) is 52.1 Å². The third-order valence-corrected chi connectivity index (χ3v) is 11.4. The zero-order valence-electron chi connectivity index (χ0n) is 54.4. The molecule has 0 N–H and O–H groups in total. The third-order valence-electron chi connectivity index (χ3n) is 11.4. The number of aliphatic carboxylic acids is 4. The molecule has 496 valence electrons. The van der Waals surface area contributed by atoms with Crippen LogP contribution in [0.3, 0.4) is 0 Å². The minimum Gasteiger partial charge on any atom is -0.547 e. The summed E-state index contributed by atoms with van der Waals surface area (Å²) in [6, 6.07) is 0. The van der Waals surface area contributed by atoms with Crippen molar-refractivity contribution in [2.75, 3.05) is 79.3 Å². The maximum Gasteiger partial charge on any atom is 4.00 e. The van der Waals surface area contributed by atoms with E-state index in [2.05, 4.69) is 0 Å². The van der Waals surface area contributed by atoms with Gasteiger partial charge in [0.2, 0.25) is 46.3 Å². The third kappa shape index (κ3) is 34.4. The number of hydrogen-bond donors (Lipinski definition) is 0. The van der Waals surface area contributed by atoms with Gasteiger partial charge in [-0.05, 0) is 77.0 Å². The quantitative estimate of drug-likeness (QED) is 0.0467. The summed E-state index contributed by atoms with van der Waals surface area (Å²) in [5.41, 5.74) is 0. The molecule has 0 aliphatic rings. The van der Waals surface area contributed by atoms with Crippen molar-refractivity contribution in [1.82, 2.24) is 0 Å². The van der Waals surface area contributed by atoms with Gasteiger partial charge in [-0.25, -0.2) is 0 Å². The van der Waals surface area contributed by atoms with E-state index in [1.807, 2.05) is 83.1 Å². The zero-order valence-corrected chi connectivity index (χ0v) is 56.0. The molecule has 0 aromatic rings. The Morgan fingerprint density at radius 3 is 0.447 bits per heavy atom. The van der Waals surface area contributed by atoms with Gasteiger partial charge in [-0.15, -0.1) is 0 Å². The Kier molecular flexibility index (Phi) is 58.5. The molecule has 0 aromatic carbocycles. The predicted octanol–water partition coefficient (Wildman–Crippen LogP) is 4.24. The van der Waals surface area contributed by atoms with Crippen molar-refractivity contribution in [3.8, 4) is 0 Å². The number of Topliss-reactive ketones (excluding diaryl/α,β-unsaturated/α-hetero) is 4. The van der Waals surface area contributed by atoms with E-state index >= 15 is 0 Å². The fraction of sp³-hybridized carbons (Fsp3) is 0.867. The van der Waals surface area contributed by atoms with Crippen LogP contribution in [0.5, 0.6) is 0 Å². The van der Waals surface area contributed by atoms with Crippen LogP contribution >= 0.6 is 0 Å². The van der Waals surface area contributed by atoms with Gasteiger partial charge in [-0.2, -0.15) is 0 Å². The van der Waals surface area contributed by atoms with Crippen LogP contribution in [-0.4, -0.2) is 174 Å². The van der Waals surface area contributed by atoms with E-state index in [0.29, 0.717) is 130 Å². The molecule has 0 saturated carbocycles. The zero-order chi connectivity index (χ0) is 65.2. The molecule has 0 rings (SSSR count). The second-order valence-corrected chi connectivity index (χ2v) is 19.0. The summed E-state index contributed by atoms with van der Waals surface area (Å²) in [5.74, 6) is -15.5. The van der Waals surface area contributed by atoms with Gasteiger partial charge < -0.3 is 96.4 Å².